The summed E-state index contributed by atoms with van der Waals surface area (Å²) in [7, 11) is 0. The predicted molar refractivity (Wildman–Crippen MR) is 83.2 cm³/mol. The van der Waals surface area contributed by atoms with Gasteiger partial charge >= 0.3 is 0 Å². The summed E-state index contributed by atoms with van der Waals surface area (Å²) in [6, 6.07) is 0. The number of amides is 1. The molecule has 0 spiro atoms. The van der Waals surface area contributed by atoms with E-state index >= 15 is 0 Å². The van der Waals surface area contributed by atoms with Crippen LogP contribution in [0, 0.1) is 29.1 Å². The first-order valence-electron chi connectivity index (χ1n) is 9.17. The molecule has 5 aliphatic rings. The molecule has 4 bridgehead atoms. The second kappa shape index (κ2) is 5.79. The van der Waals surface area contributed by atoms with Gasteiger partial charge in [0.05, 0.1) is 12.7 Å². The van der Waals surface area contributed by atoms with Crippen LogP contribution >= 0.6 is 0 Å². The van der Waals surface area contributed by atoms with Crippen molar-refractivity contribution in [2.24, 2.45) is 29.1 Å². The normalized spacial score (nSPS) is 40.7. The first-order chi connectivity index (χ1) is 10.6. The third-order valence-corrected chi connectivity index (χ3v) is 6.38. The van der Waals surface area contributed by atoms with Crippen molar-refractivity contribution in [2.75, 3.05) is 19.8 Å². The van der Waals surface area contributed by atoms with Gasteiger partial charge in [0.2, 0.25) is 5.91 Å². The first-order valence-corrected chi connectivity index (χ1v) is 9.17. The summed E-state index contributed by atoms with van der Waals surface area (Å²) in [5, 5.41) is 13.0. The van der Waals surface area contributed by atoms with E-state index in [4.69, 9.17) is 4.74 Å². The Morgan fingerprint density at radius 1 is 1.14 bits per heavy atom. The molecule has 5 saturated carbocycles. The average molecular weight is 307 g/mol. The summed E-state index contributed by atoms with van der Waals surface area (Å²) in [5.41, 5.74) is -0.108. The Hall–Kier alpha value is -0.610. The molecular formula is C18H29NO3. The zero-order valence-electron chi connectivity index (χ0n) is 13.4. The van der Waals surface area contributed by atoms with Gasteiger partial charge in [0.15, 0.2) is 0 Å². The SMILES string of the molecule is O=C(NCC(O)COCC1CC1)C12CC3CC(CC(C3)C1)C2. The Kier molecular flexibility index (Phi) is 3.93. The van der Waals surface area contributed by atoms with Gasteiger partial charge in [-0.2, -0.15) is 0 Å². The third-order valence-electron chi connectivity index (χ3n) is 6.38. The quantitative estimate of drug-likeness (QED) is 0.757. The highest BCUT2D eigenvalue weighted by atomic mass is 16.5. The molecule has 22 heavy (non-hydrogen) atoms. The van der Waals surface area contributed by atoms with Crippen LogP contribution in [0.25, 0.3) is 0 Å². The van der Waals surface area contributed by atoms with Gasteiger partial charge in [-0.25, -0.2) is 0 Å². The first kappa shape index (κ1) is 14.9. The molecule has 0 aliphatic heterocycles. The minimum Gasteiger partial charge on any atom is -0.389 e. The molecule has 0 aromatic carbocycles. The van der Waals surface area contributed by atoms with Gasteiger partial charge in [-0.1, -0.05) is 0 Å². The second-order valence-corrected chi connectivity index (χ2v) is 8.54. The third kappa shape index (κ3) is 3.05. The Morgan fingerprint density at radius 2 is 1.73 bits per heavy atom. The molecule has 5 aliphatic carbocycles. The molecule has 0 heterocycles. The van der Waals surface area contributed by atoms with E-state index in [9.17, 15) is 9.90 Å². The number of ether oxygens (including phenoxy) is 1. The monoisotopic (exact) mass is 307 g/mol. The number of rotatable bonds is 7. The van der Waals surface area contributed by atoms with Gasteiger partial charge in [0.25, 0.3) is 0 Å². The fourth-order valence-electron chi connectivity index (χ4n) is 5.50. The van der Waals surface area contributed by atoms with Crippen LogP contribution in [0.2, 0.25) is 0 Å². The number of carbonyl (C=O) groups excluding carboxylic acids is 1. The molecule has 5 rings (SSSR count). The molecule has 0 aromatic rings. The minimum absolute atomic E-state index is 0.108. The molecule has 4 nitrogen and oxygen atoms in total. The Morgan fingerprint density at radius 3 is 2.27 bits per heavy atom. The van der Waals surface area contributed by atoms with Crippen molar-refractivity contribution < 1.29 is 14.6 Å². The Balaban J connectivity index is 1.25. The zero-order chi connectivity index (χ0) is 15.2. The molecule has 1 atom stereocenters. The van der Waals surface area contributed by atoms with E-state index in [1.165, 1.54) is 32.1 Å². The molecule has 5 fully saturated rings. The van der Waals surface area contributed by atoms with Crippen LogP contribution in [0.15, 0.2) is 0 Å². The van der Waals surface area contributed by atoms with Crippen molar-refractivity contribution in [3.05, 3.63) is 0 Å². The zero-order valence-corrected chi connectivity index (χ0v) is 13.4. The molecule has 1 amide bonds. The maximum absolute atomic E-state index is 12.7. The summed E-state index contributed by atoms with van der Waals surface area (Å²) in [4.78, 5) is 12.7. The van der Waals surface area contributed by atoms with Crippen molar-refractivity contribution in [1.29, 1.82) is 0 Å². The molecule has 1 unspecified atom stereocenters. The standard InChI is InChI=1S/C18H29NO3/c20-16(11-22-10-12-1-2-12)9-19-17(21)18-6-13-3-14(7-18)5-15(4-13)8-18/h12-16,20H,1-11H2,(H,19,21). The molecule has 4 heteroatoms. The van der Waals surface area contributed by atoms with Crippen molar-refractivity contribution in [1.82, 2.24) is 5.32 Å². The van der Waals surface area contributed by atoms with Gasteiger partial charge in [-0.05, 0) is 75.0 Å². The highest BCUT2D eigenvalue weighted by molar-refractivity contribution is 5.83. The number of carbonyl (C=O) groups is 1. The lowest BCUT2D eigenvalue weighted by Crippen LogP contribution is -2.54. The van der Waals surface area contributed by atoms with Crippen LogP contribution in [0.4, 0.5) is 0 Å². The maximum atomic E-state index is 12.7. The highest BCUT2D eigenvalue weighted by Gasteiger charge is 2.54. The molecular weight excluding hydrogens is 278 g/mol. The van der Waals surface area contributed by atoms with Crippen LogP contribution in [0.3, 0.4) is 0 Å². The number of aliphatic hydroxyl groups excluding tert-OH is 1. The van der Waals surface area contributed by atoms with Crippen LogP contribution in [-0.2, 0) is 9.53 Å². The summed E-state index contributed by atoms with van der Waals surface area (Å²) in [6.07, 6.45) is 9.25. The van der Waals surface area contributed by atoms with Gasteiger partial charge < -0.3 is 15.2 Å². The van der Waals surface area contributed by atoms with E-state index < -0.39 is 6.10 Å². The van der Waals surface area contributed by atoms with E-state index in [2.05, 4.69) is 5.32 Å². The lowest BCUT2D eigenvalue weighted by molar-refractivity contribution is -0.146. The number of hydrogen-bond donors (Lipinski definition) is 2. The van der Waals surface area contributed by atoms with Gasteiger partial charge in [0, 0.05) is 18.6 Å². The van der Waals surface area contributed by atoms with Crippen molar-refractivity contribution >= 4 is 5.91 Å². The second-order valence-electron chi connectivity index (χ2n) is 8.54. The highest BCUT2D eigenvalue weighted by Crippen LogP contribution is 2.60. The molecule has 2 N–H and O–H groups in total. The van der Waals surface area contributed by atoms with E-state index in [1.54, 1.807) is 0 Å². The largest absolute Gasteiger partial charge is 0.389 e. The Bertz CT molecular complexity index is 397. The molecule has 0 saturated heterocycles. The topological polar surface area (TPSA) is 58.6 Å². The van der Waals surface area contributed by atoms with Gasteiger partial charge in [-0.15, -0.1) is 0 Å². The molecule has 0 aromatic heterocycles. The van der Waals surface area contributed by atoms with Crippen molar-refractivity contribution in [2.45, 2.75) is 57.5 Å². The van der Waals surface area contributed by atoms with Crippen LogP contribution < -0.4 is 5.32 Å². The van der Waals surface area contributed by atoms with E-state index in [1.807, 2.05) is 0 Å². The lowest BCUT2D eigenvalue weighted by atomic mass is 9.49. The summed E-state index contributed by atoms with van der Waals surface area (Å²) < 4.78 is 5.50. The van der Waals surface area contributed by atoms with Crippen molar-refractivity contribution in [3.63, 3.8) is 0 Å². The van der Waals surface area contributed by atoms with Crippen LogP contribution in [0.1, 0.15) is 51.4 Å². The summed E-state index contributed by atoms with van der Waals surface area (Å²) >= 11 is 0. The van der Waals surface area contributed by atoms with Gasteiger partial charge in [0.1, 0.15) is 0 Å². The van der Waals surface area contributed by atoms with Gasteiger partial charge in [-0.3, -0.25) is 4.79 Å². The maximum Gasteiger partial charge on any atom is 0.226 e. The van der Waals surface area contributed by atoms with Crippen LogP contribution in [0.5, 0.6) is 0 Å². The summed E-state index contributed by atoms with van der Waals surface area (Å²) in [5.74, 6) is 3.26. The van der Waals surface area contributed by atoms with E-state index in [0.29, 0.717) is 19.1 Å². The number of nitrogens with one attached hydrogen (secondary N) is 1. The van der Waals surface area contributed by atoms with Crippen LogP contribution in [-0.4, -0.2) is 36.9 Å². The van der Waals surface area contributed by atoms with E-state index in [-0.39, 0.29) is 11.3 Å². The number of hydrogen-bond acceptors (Lipinski definition) is 3. The minimum atomic E-state index is -0.573. The average Bonchev–Trinajstić information content (AvgIpc) is 3.27. The molecule has 124 valence electrons. The fraction of sp³-hybridized carbons (Fsp3) is 0.944. The fourth-order valence-corrected chi connectivity index (χ4v) is 5.50. The lowest BCUT2D eigenvalue weighted by Gasteiger charge is -2.55. The smallest absolute Gasteiger partial charge is 0.226 e. The number of aliphatic hydroxyl groups is 1. The van der Waals surface area contributed by atoms with Crippen molar-refractivity contribution in [3.8, 4) is 0 Å². The predicted octanol–water partition coefficient (Wildman–Crippen LogP) is 2.11. The summed E-state index contributed by atoms with van der Waals surface area (Å²) in [6.45, 7) is 1.45. The molecule has 0 radical (unpaired) electrons. The van der Waals surface area contributed by atoms with E-state index in [0.717, 1.165) is 43.6 Å². The Labute approximate surface area is 133 Å².